The lowest BCUT2D eigenvalue weighted by atomic mass is 10.1. The fraction of sp³-hybridized carbons (Fsp3) is 0.648. The van der Waals surface area contributed by atoms with Crippen molar-refractivity contribution >= 4 is 66.4 Å². The van der Waals surface area contributed by atoms with Gasteiger partial charge in [-0.2, -0.15) is 20.5 Å². The Morgan fingerprint density at radius 2 is 0.967 bits per heavy atom. The third kappa shape index (κ3) is 48.8. The Kier molecular flexibility index (Phi) is 51.6. The van der Waals surface area contributed by atoms with Crippen LogP contribution in [0.5, 0.6) is 17.2 Å². The molecule has 0 saturated carbocycles. The summed E-state index contributed by atoms with van der Waals surface area (Å²) in [6.45, 7) is 3.88. The SMILES string of the molecule is CC1C=[N+](COc2cc(C(=O)NCCCCCCOP(=O)(O)OCCOCCOCCOCCOCCOCCOP(=O)(O)OCCOCCOCCOCCOCCOCCOP(=O)(O)OCOP(=O)(O)OCC(O)COCCCNC(=O)c3ccc(N=Nc4ccc(N(C)C)cc4)cc3)cc(OCC3=CCN=N3)c2OCc2cn(C)nn2)N=N1. The molecule has 2 aliphatic rings. The van der Waals surface area contributed by atoms with Gasteiger partial charge < -0.3 is 107 Å². The number of aryl methyl sites for hydroxylation is 1. The van der Waals surface area contributed by atoms with Gasteiger partial charge >= 0.3 is 31.3 Å². The average Bonchev–Trinajstić information content (AvgIpc) is 1.59. The number of aliphatic hydroxyl groups excluding tert-OH is 1. The topological polar surface area (TPSA) is 542 Å². The molecule has 4 aromatic rings. The average molecular weight is 1800 g/mol. The molecule has 0 bridgehead atoms. The number of nitrogens with zero attached hydrogens (tertiary/aromatic N) is 11. The van der Waals surface area contributed by atoms with Crippen molar-refractivity contribution in [3.63, 3.8) is 0 Å². The summed E-state index contributed by atoms with van der Waals surface area (Å²) in [5.41, 5.74) is 4.15. The second-order valence-corrected chi connectivity index (χ2v) is 31.5. The molecule has 1 aromatic heterocycles. The van der Waals surface area contributed by atoms with E-state index in [1.807, 2.05) is 56.3 Å². The van der Waals surface area contributed by atoms with Crippen LogP contribution in [0.25, 0.3) is 0 Å². The van der Waals surface area contributed by atoms with Crippen LogP contribution < -0.4 is 29.7 Å². The normalized spacial score (nSPS) is 15.6. The molecule has 0 spiro atoms. The van der Waals surface area contributed by atoms with Gasteiger partial charge in [0, 0.05) is 62.8 Å². The number of carbonyl (C=O) groups excluding carboxylic acids is 2. The summed E-state index contributed by atoms with van der Waals surface area (Å²) >= 11 is 0. The minimum absolute atomic E-state index is 0.00688. The Morgan fingerprint density at radius 3 is 1.43 bits per heavy atom. The van der Waals surface area contributed by atoms with E-state index >= 15 is 0 Å². The number of unbranched alkanes of at least 4 members (excludes halogenated alkanes) is 3. The summed E-state index contributed by atoms with van der Waals surface area (Å²) in [4.78, 5) is 67.7. The number of aliphatic hydroxyl groups is 1. The standard InChI is InChI=1S/C71H113N13O33P4/c1-58-50-84(81-75-58)56-109-68-49-60(48-67(107-52-63-18-21-74-76-63)69(68)108-53-64-51-83(4)80-79-64)71(87)72-19-7-5-6-8-23-110-118(88,89)111-44-40-102-36-32-98-28-24-96-25-29-99-33-37-103-41-45-112-119(90,91)113-46-42-104-38-34-100-30-26-97-27-31-101-35-39-105-43-47-114-120(92,93)116-57-117-121(94,95)115-55-66(85)54-106-22-9-20-73-70(86)59-10-12-61(13-11-59)77-78-62-14-16-65(17-15-62)82(2)3/h10-18,48-51,58,66,85H,5-9,19-47,52-57H2,1-4H3,(H5-,72,73,86,87,88,89,90,91,92,93,94,95)/p+1. The molecule has 680 valence electrons. The lowest BCUT2D eigenvalue weighted by Crippen LogP contribution is -2.26. The molecule has 7 N–H and O–H groups in total. The number of rotatable bonds is 75. The van der Waals surface area contributed by atoms with Crippen LogP contribution in [0.4, 0.5) is 17.1 Å². The molecule has 3 aromatic carbocycles. The third-order valence-corrected chi connectivity index (χ3v) is 19.5. The molecule has 0 fully saturated rings. The van der Waals surface area contributed by atoms with Crippen LogP contribution in [0, 0.1) is 0 Å². The lowest BCUT2D eigenvalue weighted by molar-refractivity contribution is -0.562. The number of anilines is 1. The minimum atomic E-state index is -4.83. The van der Waals surface area contributed by atoms with Gasteiger partial charge in [0.25, 0.3) is 18.5 Å². The quantitative estimate of drug-likeness (QED) is 0.00773. The Morgan fingerprint density at radius 1 is 0.521 bits per heavy atom. The molecular formula is C71H114N13O33P4+. The molecule has 6 atom stereocenters. The predicted molar refractivity (Wildman–Crippen MR) is 427 cm³/mol. The largest absolute Gasteiger partial charge is 0.483 e. The van der Waals surface area contributed by atoms with E-state index in [1.54, 1.807) is 60.5 Å². The first-order valence-electron chi connectivity index (χ1n) is 38.8. The van der Waals surface area contributed by atoms with Crippen molar-refractivity contribution in [1.82, 2.24) is 25.6 Å². The van der Waals surface area contributed by atoms with Gasteiger partial charge in [0.2, 0.25) is 11.8 Å². The predicted octanol–water partition coefficient (Wildman–Crippen LogP) is 6.94. The number of hydrogen-bond acceptors (Lipinski definition) is 38. The van der Waals surface area contributed by atoms with Crippen molar-refractivity contribution in [2.24, 2.45) is 37.8 Å². The molecule has 0 radical (unpaired) electrons. The third-order valence-electron chi connectivity index (χ3n) is 15.6. The first kappa shape index (κ1) is 103. The van der Waals surface area contributed by atoms with Gasteiger partial charge in [-0.1, -0.05) is 18.1 Å². The van der Waals surface area contributed by atoms with E-state index in [0.717, 1.165) is 5.69 Å². The smallest absolute Gasteiger partial charge is 0.474 e. The highest BCUT2D eigenvalue weighted by atomic mass is 31.2. The fourth-order valence-electron chi connectivity index (χ4n) is 9.61. The number of benzene rings is 3. The lowest BCUT2D eigenvalue weighted by Gasteiger charge is -2.17. The number of amides is 2. The van der Waals surface area contributed by atoms with Gasteiger partial charge in [0.1, 0.15) is 36.4 Å². The van der Waals surface area contributed by atoms with Crippen LogP contribution >= 0.6 is 31.3 Å². The summed E-state index contributed by atoms with van der Waals surface area (Å²) < 4.78 is 168. The highest BCUT2D eigenvalue weighted by molar-refractivity contribution is 7.48. The summed E-state index contributed by atoms with van der Waals surface area (Å²) in [6.07, 6.45) is 6.84. The fourth-order valence-corrected chi connectivity index (χ4v) is 12.3. The molecule has 0 aliphatic carbocycles. The molecule has 6 unspecified atom stereocenters. The zero-order valence-electron chi connectivity index (χ0n) is 68.3. The number of nitrogens with one attached hydrogen (secondary N) is 2. The van der Waals surface area contributed by atoms with E-state index in [2.05, 4.69) is 60.8 Å². The van der Waals surface area contributed by atoms with Gasteiger partial charge in [-0.25, -0.2) is 18.3 Å². The number of carbonyl (C=O) groups is 2. The maximum Gasteiger partial charge on any atom is 0.474 e. The van der Waals surface area contributed by atoms with Crippen molar-refractivity contribution in [2.45, 2.75) is 57.8 Å². The molecular weight excluding hydrogens is 1690 g/mol. The number of phosphoric acid groups is 4. The Labute approximate surface area is 701 Å². The van der Waals surface area contributed by atoms with Crippen molar-refractivity contribution < 1.29 is 160 Å². The minimum Gasteiger partial charge on any atom is -0.483 e. The van der Waals surface area contributed by atoms with Gasteiger partial charge in [0.05, 0.1) is 208 Å². The summed E-state index contributed by atoms with van der Waals surface area (Å²) in [5.74, 6) is 0.00725. The van der Waals surface area contributed by atoms with E-state index in [-0.39, 0.29) is 219 Å². The van der Waals surface area contributed by atoms with Gasteiger partial charge in [-0.3, -0.25) is 50.5 Å². The zero-order valence-corrected chi connectivity index (χ0v) is 71.9. The number of phosphoric ester groups is 4. The number of aromatic nitrogens is 3. The molecule has 50 heteroatoms. The molecule has 46 nitrogen and oxygen atoms in total. The monoisotopic (exact) mass is 1800 g/mol. The summed E-state index contributed by atoms with van der Waals surface area (Å²) in [5, 5.41) is 48.5. The van der Waals surface area contributed by atoms with Crippen LogP contribution in [0.2, 0.25) is 0 Å². The highest BCUT2D eigenvalue weighted by Gasteiger charge is 2.29. The van der Waals surface area contributed by atoms with E-state index in [1.165, 1.54) is 4.68 Å². The molecule has 0 saturated heterocycles. The molecule has 6 rings (SSSR count). The van der Waals surface area contributed by atoms with E-state index in [9.17, 15) is 52.5 Å². The van der Waals surface area contributed by atoms with Crippen molar-refractivity contribution in [1.29, 1.82) is 0 Å². The summed E-state index contributed by atoms with van der Waals surface area (Å²) in [7, 11) is -12.6. The van der Waals surface area contributed by atoms with Crippen molar-refractivity contribution in [2.75, 3.05) is 244 Å². The Bertz CT molecular complexity index is 3930. The van der Waals surface area contributed by atoms with Gasteiger partial charge in [0.15, 0.2) is 18.3 Å². The second kappa shape index (κ2) is 60.6. The van der Waals surface area contributed by atoms with Crippen LogP contribution in [0.15, 0.2) is 109 Å². The van der Waals surface area contributed by atoms with E-state index < -0.39 is 50.8 Å². The van der Waals surface area contributed by atoms with E-state index in [0.29, 0.717) is 100.0 Å². The van der Waals surface area contributed by atoms with Crippen molar-refractivity contribution in [3.05, 3.63) is 95.5 Å². The Hall–Kier alpha value is -6.89. The maximum atomic E-state index is 13.5. The number of azo groups is 2. The summed E-state index contributed by atoms with van der Waals surface area (Å²) in [6, 6.07) is 17.2. The van der Waals surface area contributed by atoms with E-state index in [4.69, 9.17) is 93.5 Å². The number of hydrogen-bond donors (Lipinski definition) is 7. The zero-order chi connectivity index (χ0) is 86.9. The molecule has 2 aliphatic heterocycles. The van der Waals surface area contributed by atoms with Gasteiger partial charge in [-0.05, 0) is 92.9 Å². The number of ether oxygens (including phenoxy) is 14. The molecule has 121 heavy (non-hydrogen) atoms. The second-order valence-electron chi connectivity index (χ2n) is 25.7. The van der Waals surface area contributed by atoms with Crippen LogP contribution in [-0.2, 0) is 120 Å². The first-order chi connectivity index (χ1) is 58.4. The van der Waals surface area contributed by atoms with Crippen molar-refractivity contribution in [3.8, 4) is 17.2 Å². The molecule has 3 heterocycles. The maximum absolute atomic E-state index is 13.5. The van der Waals surface area contributed by atoms with Crippen LogP contribution in [0.1, 0.15) is 65.4 Å². The highest BCUT2D eigenvalue weighted by Crippen LogP contribution is 2.48. The first-order valence-corrected chi connectivity index (χ1v) is 44.8. The Balaban J connectivity index is 0.618. The van der Waals surface area contributed by atoms with Crippen LogP contribution in [0.3, 0.4) is 0 Å². The van der Waals surface area contributed by atoms with Crippen LogP contribution in [-0.4, -0.2) is 313 Å². The van der Waals surface area contributed by atoms with Gasteiger partial charge in [-0.15, -0.1) is 9.78 Å². The molecule has 2 amide bonds.